The van der Waals surface area contributed by atoms with Gasteiger partial charge in [-0.1, -0.05) is 0 Å². The van der Waals surface area contributed by atoms with Crippen molar-refractivity contribution in [3.8, 4) is 11.4 Å². The number of aromatic nitrogens is 4. The topological polar surface area (TPSA) is 64.9 Å². The summed E-state index contributed by atoms with van der Waals surface area (Å²) in [6.45, 7) is 5.78. The molecule has 1 N–H and O–H groups in total. The van der Waals surface area contributed by atoms with Crippen molar-refractivity contribution in [3.05, 3.63) is 29.3 Å². The minimum absolute atomic E-state index is 0.0267. The second kappa shape index (κ2) is 6.02. The lowest BCUT2D eigenvalue weighted by atomic mass is 9.97. The first kappa shape index (κ1) is 14.8. The quantitative estimate of drug-likeness (QED) is 0.922. The molecule has 122 valence electrons. The molecule has 1 saturated heterocycles. The van der Waals surface area contributed by atoms with Crippen LogP contribution in [-0.2, 0) is 17.7 Å². The van der Waals surface area contributed by atoms with Gasteiger partial charge in [0.2, 0.25) is 0 Å². The molecule has 0 aromatic carbocycles. The Bertz CT molecular complexity index is 705. The van der Waals surface area contributed by atoms with Crippen molar-refractivity contribution in [2.24, 2.45) is 0 Å². The number of nitrogens with zero attached hydrogens (tertiary/aromatic N) is 4. The number of ether oxygens (including phenoxy) is 1. The Morgan fingerprint density at radius 3 is 3.04 bits per heavy atom. The molecule has 0 saturated carbocycles. The van der Waals surface area contributed by atoms with E-state index in [0.717, 1.165) is 55.3 Å². The highest BCUT2D eigenvalue weighted by atomic mass is 16.5. The lowest BCUT2D eigenvalue weighted by Crippen LogP contribution is -2.34. The zero-order valence-corrected chi connectivity index (χ0v) is 13.7. The fourth-order valence-corrected chi connectivity index (χ4v) is 3.52. The third-order valence-corrected chi connectivity index (χ3v) is 4.67. The van der Waals surface area contributed by atoms with Gasteiger partial charge in [0.15, 0.2) is 6.23 Å². The van der Waals surface area contributed by atoms with E-state index in [1.165, 1.54) is 12.0 Å². The monoisotopic (exact) mass is 313 g/mol. The van der Waals surface area contributed by atoms with Crippen LogP contribution in [0.4, 0.5) is 0 Å². The van der Waals surface area contributed by atoms with Gasteiger partial charge < -0.3 is 10.1 Å². The first-order valence-corrected chi connectivity index (χ1v) is 8.47. The summed E-state index contributed by atoms with van der Waals surface area (Å²) in [6, 6.07) is 2.49. The minimum Gasteiger partial charge on any atom is -0.356 e. The second-order valence-corrected chi connectivity index (χ2v) is 6.51. The molecule has 0 radical (unpaired) electrons. The molecule has 1 unspecified atom stereocenters. The molecule has 2 aromatic rings. The molecule has 23 heavy (non-hydrogen) atoms. The van der Waals surface area contributed by atoms with Gasteiger partial charge in [-0.2, -0.15) is 5.10 Å². The van der Waals surface area contributed by atoms with Crippen LogP contribution in [0.15, 0.2) is 12.3 Å². The molecule has 4 rings (SSSR count). The number of nitrogens with one attached hydrogen (secondary N) is 1. The molecule has 1 fully saturated rings. The van der Waals surface area contributed by atoms with Crippen molar-refractivity contribution in [3.63, 3.8) is 0 Å². The molecular formula is C17H23N5O. The third kappa shape index (κ3) is 2.77. The van der Waals surface area contributed by atoms with Crippen LogP contribution in [-0.4, -0.2) is 32.4 Å². The summed E-state index contributed by atoms with van der Waals surface area (Å²) >= 11 is 0. The lowest BCUT2D eigenvalue weighted by Gasteiger charge is -2.27. The highest BCUT2D eigenvalue weighted by Gasteiger charge is 2.25. The molecule has 2 atom stereocenters. The van der Waals surface area contributed by atoms with Crippen LogP contribution in [0.1, 0.15) is 49.5 Å². The van der Waals surface area contributed by atoms with Gasteiger partial charge in [-0.05, 0) is 45.6 Å². The van der Waals surface area contributed by atoms with Gasteiger partial charge in [0.05, 0.1) is 17.1 Å². The van der Waals surface area contributed by atoms with Gasteiger partial charge in [-0.3, -0.25) is 0 Å². The second-order valence-electron chi connectivity index (χ2n) is 6.51. The molecule has 0 spiro atoms. The first-order valence-electron chi connectivity index (χ1n) is 8.47. The SMILES string of the molecule is Cc1nc2c(c(-c3ccnn3[C@H]3CCCCO3)n1)CC(C)NC2. The summed E-state index contributed by atoms with van der Waals surface area (Å²) in [7, 11) is 0. The predicted molar refractivity (Wildman–Crippen MR) is 86.8 cm³/mol. The summed E-state index contributed by atoms with van der Waals surface area (Å²) in [6.07, 6.45) is 6.16. The van der Waals surface area contributed by atoms with Gasteiger partial charge in [0.1, 0.15) is 5.82 Å². The Kier molecular flexibility index (Phi) is 3.87. The number of hydrogen-bond acceptors (Lipinski definition) is 5. The molecule has 6 heteroatoms. The van der Waals surface area contributed by atoms with Crippen LogP contribution in [0.2, 0.25) is 0 Å². The Morgan fingerprint density at radius 1 is 1.30 bits per heavy atom. The Hall–Kier alpha value is -1.79. The van der Waals surface area contributed by atoms with Gasteiger partial charge in [0, 0.05) is 31.0 Å². The molecule has 0 aliphatic carbocycles. The fraction of sp³-hybridized carbons (Fsp3) is 0.588. The Morgan fingerprint density at radius 2 is 2.22 bits per heavy atom. The maximum atomic E-state index is 5.92. The maximum absolute atomic E-state index is 5.92. The molecule has 6 nitrogen and oxygen atoms in total. The fourth-order valence-electron chi connectivity index (χ4n) is 3.52. The van der Waals surface area contributed by atoms with Crippen molar-refractivity contribution in [2.45, 2.75) is 58.3 Å². The Labute approximate surface area is 136 Å². The van der Waals surface area contributed by atoms with E-state index in [-0.39, 0.29) is 6.23 Å². The highest BCUT2D eigenvalue weighted by molar-refractivity contribution is 5.61. The zero-order valence-electron chi connectivity index (χ0n) is 13.7. The lowest BCUT2D eigenvalue weighted by molar-refractivity contribution is -0.0384. The molecule has 2 aliphatic heterocycles. The largest absolute Gasteiger partial charge is 0.356 e. The van der Waals surface area contributed by atoms with Crippen molar-refractivity contribution in [1.29, 1.82) is 0 Å². The summed E-state index contributed by atoms with van der Waals surface area (Å²) in [5.41, 5.74) is 4.43. The van der Waals surface area contributed by atoms with Gasteiger partial charge in [-0.15, -0.1) is 0 Å². The predicted octanol–water partition coefficient (Wildman–Crippen LogP) is 2.38. The summed E-state index contributed by atoms with van der Waals surface area (Å²) in [5.74, 6) is 0.812. The molecule has 0 bridgehead atoms. The number of fused-ring (bicyclic) bond motifs is 1. The van der Waals surface area contributed by atoms with Gasteiger partial charge in [0.25, 0.3) is 0 Å². The van der Waals surface area contributed by atoms with E-state index in [0.29, 0.717) is 6.04 Å². The average molecular weight is 313 g/mol. The van der Waals surface area contributed by atoms with E-state index >= 15 is 0 Å². The maximum Gasteiger partial charge on any atom is 0.150 e. The smallest absolute Gasteiger partial charge is 0.150 e. The molecular weight excluding hydrogens is 290 g/mol. The normalized spacial score (nSPS) is 24.4. The van der Waals surface area contributed by atoms with E-state index in [2.05, 4.69) is 22.3 Å². The van der Waals surface area contributed by atoms with Crippen molar-refractivity contribution < 1.29 is 4.74 Å². The van der Waals surface area contributed by atoms with Crippen molar-refractivity contribution in [1.82, 2.24) is 25.1 Å². The molecule has 2 aliphatic rings. The van der Waals surface area contributed by atoms with Crippen molar-refractivity contribution >= 4 is 0 Å². The summed E-state index contributed by atoms with van der Waals surface area (Å²) in [5, 5.41) is 8.01. The highest BCUT2D eigenvalue weighted by Crippen LogP contribution is 2.31. The number of rotatable bonds is 2. The van der Waals surface area contributed by atoms with Crippen LogP contribution < -0.4 is 5.32 Å². The Balaban J connectivity index is 1.79. The van der Waals surface area contributed by atoms with Crippen LogP contribution in [0, 0.1) is 6.92 Å². The van der Waals surface area contributed by atoms with Gasteiger partial charge in [-0.25, -0.2) is 14.6 Å². The van der Waals surface area contributed by atoms with E-state index < -0.39 is 0 Å². The van der Waals surface area contributed by atoms with Crippen LogP contribution in [0.25, 0.3) is 11.4 Å². The van der Waals surface area contributed by atoms with E-state index in [9.17, 15) is 0 Å². The average Bonchev–Trinajstić information content (AvgIpc) is 3.05. The summed E-state index contributed by atoms with van der Waals surface area (Å²) in [4.78, 5) is 9.39. The van der Waals surface area contributed by atoms with Crippen LogP contribution in [0.5, 0.6) is 0 Å². The summed E-state index contributed by atoms with van der Waals surface area (Å²) < 4.78 is 7.93. The van der Waals surface area contributed by atoms with Gasteiger partial charge >= 0.3 is 0 Å². The van der Waals surface area contributed by atoms with E-state index in [4.69, 9.17) is 9.72 Å². The minimum atomic E-state index is 0.0267. The van der Waals surface area contributed by atoms with Crippen LogP contribution in [0.3, 0.4) is 0 Å². The van der Waals surface area contributed by atoms with Crippen LogP contribution >= 0.6 is 0 Å². The molecule has 2 aromatic heterocycles. The molecule has 4 heterocycles. The molecule has 0 amide bonds. The third-order valence-electron chi connectivity index (χ3n) is 4.67. The van der Waals surface area contributed by atoms with Crippen molar-refractivity contribution in [2.75, 3.05) is 6.61 Å². The number of aryl methyl sites for hydroxylation is 1. The van der Waals surface area contributed by atoms with E-state index in [1.54, 1.807) is 0 Å². The first-order chi connectivity index (χ1) is 11.2. The zero-order chi connectivity index (χ0) is 15.8. The number of hydrogen-bond donors (Lipinski definition) is 1. The standard InChI is InChI=1S/C17H23N5O/c1-11-9-13-14(10-18-11)20-12(2)21-17(13)15-6-7-19-22(15)16-5-3-4-8-23-16/h6-7,11,16,18H,3-5,8-10H2,1-2H3/t11?,16-/m1/s1. The van der Waals surface area contributed by atoms with E-state index in [1.807, 2.05) is 23.9 Å².